The van der Waals surface area contributed by atoms with Crippen LogP contribution in [0.25, 0.3) is 0 Å². The van der Waals surface area contributed by atoms with E-state index in [0.717, 1.165) is 0 Å². The van der Waals surface area contributed by atoms with Crippen molar-refractivity contribution in [2.24, 2.45) is 5.73 Å². The monoisotopic (exact) mass is 353 g/mol. The van der Waals surface area contributed by atoms with Gasteiger partial charge in [-0.15, -0.1) is 0 Å². The molecule has 21 heavy (non-hydrogen) atoms. The zero-order valence-corrected chi connectivity index (χ0v) is 12.9. The van der Waals surface area contributed by atoms with Crippen molar-refractivity contribution in [3.63, 3.8) is 0 Å². The summed E-state index contributed by atoms with van der Waals surface area (Å²) in [6, 6.07) is 5.25. The van der Waals surface area contributed by atoms with Gasteiger partial charge in [0.05, 0.1) is 0 Å². The molecule has 1 fully saturated rings. The van der Waals surface area contributed by atoms with E-state index in [4.69, 9.17) is 5.73 Å². The second-order valence-electron chi connectivity index (χ2n) is 4.63. The molecule has 2 N–H and O–H groups in total. The molecule has 1 aliphatic heterocycles. The minimum absolute atomic E-state index is 0.124. The van der Waals surface area contributed by atoms with E-state index in [1.807, 2.05) is 0 Å². The number of carbonyl (C=O) groups excluding carboxylic acids is 4. The van der Waals surface area contributed by atoms with E-state index >= 15 is 0 Å². The first-order valence-corrected chi connectivity index (χ1v) is 6.70. The maximum absolute atomic E-state index is 12.5. The van der Waals surface area contributed by atoms with Crippen LogP contribution in [0, 0.1) is 0 Å². The molecule has 1 aliphatic rings. The summed E-state index contributed by atoms with van der Waals surface area (Å²) in [5, 5.41) is 0. The van der Waals surface area contributed by atoms with Crippen molar-refractivity contribution >= 4 is 39.7 Å². The van der Waals surface area contributed by atoms with E-state index in [-0.39, 0.29) is 5.56 Å². The summed E-state index contributed by atoms with van der Waals surface area (Å²) in [5.41, 5.74) is 3.27. The third kappa shape index (κ3) is 1.94. The van der Waals surface area contributed by atoms with Gasteiger partial charge in [0.1, 0.15) is 0 Å². The number of benzene rings is 1. The average molecular weight is 354 g/mol. The van der Waals surface area contributed by atoms with Crippen molar-refractivity contribution in [1.29, 1.82) is 0 Å². The van der Waals surface area contributed by atoms with Gasteiger partial charge in [-0.3, -0.25) is 24.2 Å². The number of hydrogen-bond acceptors (Lipinski definition) is 4. The van der Waals surface area contributed by atoms with Crippen molar-refractivity contribution in [3.05, 3.63) is 34.3 Å². The molecule has 8 heteroatoms. The van der Waals surface area contributed by atoms with Crippen LogP contribution < -0.4 is 5.73 Å². The maximum atomic E-state index is 12.5. The summed E-state index contributed by atoms with van der Waals surface area (Å²) in [6.07, 6.45) is 0. The minimum atomic E-state index is -2.22. The van der Waals surface area contributed by atoms with Crippen molar-refractivity contribution in [1.82, 2.24) is 9.80 Å². The Morgan fingerprint density at radius 3 is 1.86 bits per heavy atom. The van der Waals surface area contributed by atoms with E-state index in [9.17, 15) is 19.2 Å². The number of likely N-dealkylation sites (N-methyl/N-ethyl adjacent to an activating group) is 2. The van der Waals surface area contributed by atoms with Gasteiger partial charge < -0.3 is 5.73 Å². The Hall–Kier alpha value is -2.22. The Labute approximate surface area is 128 Å². The third-order valence-electron chi connectivity index (χ3n) is 3.47. The molecule has 0 spiro atoms. The van der Waals surface area contributed by atoms with Crippen LogP contribution in [0.4, 0.5) is 4.79 Å². The van der Waals surface area contributed by atoms with Crippen molar-refractivity contribution in [3.8, 4) is 0 Å². The van der Waals surface area contributed by atoms with Crippen LogP contribution in [-0.2, 0) is 19.8 Å². The lowest BCUT2D eigenvalue weighted by atomic mass is 9.76. The predicted octanol–water partition coefficient (Wildman–Crippen LogP) is 0.223. The fourth-order valence-corrected chi connectivity index (χ4v) is 2.56. The highest BCUT2D eigenvalue weighted by atomic mass is 79.9. The molecular weight excluding hydrogens is 342 g/mol. The molecule has 0 bridgehead atoms. The zero-order valence-electron chi connectivity index (χ0n) is 11.3. The number of primary amides is 1. The first-order chi connectivity index (χ1) is 9.74. The van der Waals surface area contributed by atoms with Crippen LogP contribution in [0.2, 0.25) is 0 Å². The molecule has 1 aromatic rings. The molecule has 5 amide bonds. The second kappa shape index (κ2) is 4.96. The highest BCUT2D eigenvalue weighted by Gasteiger charge is 2.61. The van der Waals surface area contributed by atoms with Gasteiger partial charge in [-0.2, -0.15) is 0 Å². The Morgan fingerprint density at radius 1 is 1.05 bits per heavy atom. The van der Waals surface area contributed by atoms with Crippen molar-refractivity contribution < 1.29 is 19.2 Å². The van der Waals surface area contributed by atoms with Gasteiger partial charge >= 0.3 is 6.03 Å². The van der Waals surface area contributed by atoms with E-state index in [1.165, 1.54) is 26.2 Å². The summed E-state index contributed by atoms with van der Waals surface area (Å²) in [5.74, 6) is -3.03. The number of hydrogen-bond donors (Lipinski definition) is 1. The van der Waals surface area contributed by atoms with Gasteiger partial charge in [0, 0.05) is 18.6 Å². The Bertz CT molecular complexity index is 632. The lowest BCUT2D eigenvalue weighted by Gasteiger charge is -2.39. The van der Waals surface area contributed by atoms with Crippen LogP contribution in [0.15, 0.2) is 28.7 Å². The number of nitrogens with two attached hydrogens (primary N) is 1. The third-order valence-corrected chi connectivity index (χ3v) is 4.00. The SMILES string of the molecule is CN1C(=O)N(C)C(=O)C(C(N)=O)(c2ccc(Br)cc2)C1=O. The van der Waals surface area contributed by atoms with Gasteiger partial charge in [-0.05, 0) is 17.7 Å². The van der Waals surface area contributed by atoms with E-state index in [2.05, 4.69) is 15.9 Å². The van der Waals surface area contributed by atoms with Crippen LogP contribution in [0.1, 0.15) is 5.56 Å². The fourth-order valence-electron chi connectivity index (χ4n) is 2.29. The normalized spacial score (nSPS) is 18.1. The lowest BCUT2D eigenvalue weighted by molar-refractivity contribution is -0.154. The summed E-state index contributed by atoms with van der Waals surface area (Å²) in [6.45, 7) is 0. The standard InChI is InChI=1S/C13H12BrN3O4/c1-16-10(19)13(9(15)18,11(20)17(2)12(16)21)7-3-5-8(14)6-4-7/h3-6H,1-2H3,(H2,15,18). The smallest absolute Gasteiger partial charge is 0.332 e. The molecule has 0 saturated carbocycles. The summed E-state index contributed by atoms with van der Waals surface area (Å²) >= 11 is 3.23. The van der Waals surface area contributed by atoms with Gasteiger partial charge in [0.15, 0.2) is 0 Å². The largest absolute Gasteiger partial charge is 0.368 e. The molecule has 1 aromatic carbocycles. The molecular formula is C13H12BrN3O4. The molecule has 0 aromatic heterocycles. The van der Waals surface area contributed by atoms with Crippen LogP contribution in [-0.4, -0.2) is 47.6 Å². The highest BCUT2D eigenvalue weighted by molar-refractivity contribution is 9.10. The van der Waals surface area contributed by atoms with Crippen LogP contribution in [0.5, 0.6) is 0 Å². The molecule has 7 nitrogen and oxygen atoms in total. The average Bonchev–Trinajstić information content (AvgIpc) is 2.45. The summed E-state index contributed by atoms with van der Waals surface area (Å²) < 4.78 is 0.708. The Kier molecular flexibility index (Phi) is 3.58. The van der Waals surface area contributed by atoms with Gasteiger partial charge in [-0.1, -0.05) is 28.1 Å². The molecule has 0 aliphatic carbocycles. The molecule has 0 atom stereocenters. The summed E-state index contributed by atoms with van der Waals surface area (Å²) in [7, 11) is 2.40. The first-order valence-electron chi connectivity index (χ1n) is 5.90. The van der Waals surface area contributed by atoms with Gasteiger partial charge in [0.2, 0.25) is 11.3 Å². The number of barbiturate groups is 1. The van der Waals surface area contributed by atoms with Gasteiger partial charge in [0.25, 0.3) is 11.8 Å². The predicted molar refractivity (Wildman–Crippen MR) is 76.0 cm³/mol. The van der Waals surface area contributed by atoms with Gasteiger partial charge in [-0.25, -0.2) is 4.79 Å². The molecule has 110 valence electrons. The summed E-state index contributed by atoms with van der Waals surface area (Å²) in [4.78, 5) is 50.2. The molecule has 0 radical (unpaired) electrons. The number of halogens is 1. The van der Waals surface area contributed by atoms with E-state index in [0.29, 0.717) is 14.3 Å². The van der Waals surface area contributed by atoms with Crippen LogP contribution in [0.3, 0.4) is 0 Å². The van der Waals surface area contributed by atoms with Crippen molar-refractivity contribution in [2.75, 3.05) is 14.1 Å². The quantitative estimate of drug-likeness (QED) is 0.768. The Balaban J connectivity index is 2.74. The highest BCUT2D eigenvalue weighted by Crippen LogP contribution is 2.33. The number of rotatable bonds is 2. The number of amides is 5. The van der Waals surface area contributed by atoms with Crippen LogP contribution >= 0.6 is 15.9 Å². The van der Waals surface area contributed by atoms with Crippen molar-refractivity contribution in [2.45, 2.75) is 5.41 Å². The second-order valence-corrected chi connectivity index (χ2v) is 5.55. The zero-order chi connectivity index (χ0) is 15.9. The number of nitrogens with zero attached hydrogens (tertiary/aromatic N) is 2. The molecule has 0 unspecified atom stereocenters. The maximum Gasteiger partial charge on any atom is 0.332 e. The topological polar surface area (TPSA) is 101 Å². The van der Waals surface area contributed by atoms with E-state index in [1.54, 1.807) is 12.1 Å². The number of carbonyl (C=O) groups is 4. The number of urea groups is 1. The first kappa shape index (κ1) is 15.2. The molecule has 1 heterocycles. The van der Waals surface area contributed by atoms with E-state index < -0.39 is 29.2 Å². The minimum Gasteiger partial charge on any atom is -0.368 e. The Morgan fingerprint density at radius 2 is 1.48 bits per heavy atom. The lowest BCUT2D eigenvalue weighted by Crippen LogP contribution is -2.69. The molecule has 1 saturated heterocycles. The fraction of sp³-hybridized carbons (Fsp3) is 0.231. The molecule has 2 rings (SSSR count). The number of imide groups is 2.